The lowest BCUT2D eigenvalue weighted by Gasteiger charge is -2.10. The molecule has 0 saturated heterocycles. The molecule has 0 aliphatic heterocycles. The van der Waals surface area contributed by atoms with E-state index in [0.29, 0.717) is 6.61 Å². The highest BCUT2D eigenvalue weighted by atomic mass is 16.5. The number of benzene rings is 2. The van der Waals surface area contributed by atoms with Crippen molar-refractivity contribution < 1.29 is 9.53 Å². The lowest BCUT2D eigenvalue weighted by molar-refractivity contribution is -0.114. The first-order valence-electron chi connectivity index (χ1n) is 6.20. The van der Waals surface area contributed by atoms with Crippen LogP contribution in [-0.2, 0) is 11.4 Å². The Morgan fingerprint density at radius 1 is 1.16 bits per heavy atom. The molecule has 0 bridgehead atoms. The molecule has 3 heteroatoms. The van der Waals surface area contributed by atoms with E-state index in [-0.39, 0.29) is 5.91 Å². The number of ether oxygens (including phenoxy) is 1. The van der Waals surface area contributed by atoms with E-state index in [4.69, 9.17) is 4.74 Å². The minimum Gasteiger partial charge on any atom is -0.489 e. The van der Waals surface area contributed by atoms with Gasteiger partial charge in [-0.3, -0.25) is 4.79 Å². The van der Waals surface area contributed by atoms with E-state index in [2.05, 4.69) is 5.32 Å². The fourth-order valence-electron chi connectivity index (χ4n) is 1.80. The van der Waals surface area contributed by atoms with E-state index >= 15 is 0 Å². The number of hydrogen-bond donors (Lipinski definition) is 1. The van der Waals surface area contributed by atoms with Crippen LogP contribution in [0.1, 0.15) is 18.1 Å². The highest BCUT2D eigenvalue weighted by molar-refractivity contribution is 5.89. The van der Waals surface area contributed by atoms with Crippen molar-refractivity contribution in [2.45, 2.75) is 20.5 Å². The van der Waals surface area contributed by atoms with Crippen LogP contribution in [0.2, 0.25) is 0 Å². The maximum atomic E-state index is 11.0. The van der Waals surface area contributed by atoms with E-state index in [1.165, 1.54) is 6.92 Å². The van der Waals surface area contributed by atoms with Gasteiger partial charge in [0.15, 0.2) is 0 Å². The van der Waals surface area contributed by atoms with Crippen LogP contribution in [0.15, 0.2) is 48.5 Å². The van der Waals surface area contributed by atoms with E-state index in [0.717, 1.165) is 22.6 Å². The molecule has 3 nitrogen and oxygen atoms in total. The highest BCUT2D eigenvalue weighted by Crippen LogP contribution is 2.22. The molecule has 2 aromatic carbocycles. The van der Waals surface area contributed by atoms with Crippen LogP contribution >= 0.6 is 0 Å². The third kappa shape index (κ3) is 3.85. The summed E-state index contributed by atoms with van der Waals surface area (Å²) in [5.41, 5.74) is 2.94. The summed E-state index contributed by atoms with van der Waals surface area (Å²) in [4.78, 5) is 11.0. The molecule has 2 aromatic rings. The molecule has 0 unspecified atom stereocenters. The average Bonchev–Trinajstić information content (AvgIpc) is 2.40. The van der Waals surface area contributed by atoms with Crippen molar-refractivity contribution in [1.82, 2.24) is 0 Å². The second-order valence-corrected chi connectivity index (χ2v) is 4.43. The molecule has 19 heavy (non-hydrogen) atoms. The van der Waals surface area contributed by atoms with Gasteiger partial charge in [-0.2, -0.15) is 0 Å². The van der Waals surface area contributed by atoms with E-state index in [9.17, 15) is 4.79 Å². The lowest BCUT2D eigenvalue weighted by Crippen LogP contribution is -2.07. The summed E-state index contributed by atoms with van der Waals surface area (Å²) in [5.74, 6) is 0.733. The molecule has 1 amide bonds. The Morgan fingerprint density at radius 2 is 1.89 bits per heavy atom. The van der Waals surface area contributed by atoms with Crippen molar-refractivity contribution in [3.8, 4) is 5.75 Å². The monoisotopic (exact) mass is 255 g/mol. The fraction of sp³-hybridized carbons (Fsp3) is 0.188. The van der Waals surface area contributed by atoms with Crippen LogP contribution in [0.4, 0.5) is 5.69 Å². The minimum atomic E-state index is -0.0685. The molecule has 98 valence electrons. The molecule has 0 aromatic heterocycles. The summed E-state index contributed by atoms with van der Waals surface area (Å²) in [6.07, 6.45) is 0. The summed E-state index contributed by atoms with van der Waals surface area (Å²) in [6, 6.07) is 15.7. The van der Waals surface area contributed by atoms with Gasteiger partial charge in [-0.15, -0.1) is 0 Å². The largest absolute Gasteiger partial charge is 0.489 e. The molecular formula is C16H17NO2. The number of carbonyl (C=O) groups excluding carboxylic acids is 1. The Morgan fingerprint density at radius 3 is 2.53 bits per heavy atom. The van der Waals surface area contributed by atoms with Gasteiger partial charge < -0.3 is 10.1 Å². The standard InChI is InChI=1S/C16H17NO2/c1-12-10-15(8-9-16(12)17-13(2)18)19-11-14-6-4-3-5-7-14/h3-10H,11H2,1-2H3,(H,17,18). The number of aryl methyl sites for hydroxylation is 1. The van der Waals surface area contributed by atoms with Crippen molar-refractivity contribution in [1.29, 1.82) is 0 Å². The Balaban J connectivity index is 2.02. The first-order valence-corrected chi connectivity index (χ1v) is 6.20. The average molecular weight is 255 g/mol. The number of anilines is 1. The predicted molar refractivity (Wildman–Crippen MR) is 76.3 cm³/mol. The quantitative estimate of drug-likeness (QED) is 0.907. The molecule has 0 aliphatic carbocycles. The molecule has 0 atom stereocenters. The van der Waals surface area contributed by atoms with Gasteiger partial charge in [0.25, 0.3) is 0 Å². The lowest BCUT2D eigenvalue weighted by atomic mass is 10.2. The molecule has 1 N–H and O–H groups in total. The summed E-state index contributed by atoms with van der Waals surface area (Å²) in [7, 11) is 0. The number of rotatable bonds is 4. The van der Waals surface area contributed by atoms with Gasteiger partial charge in [-0.1, -0.05) is 30.3 Å². The number of amides is 1. The van der Waals surface area contributed by atoms with Crippen LogP contribution in [0, 0.1) is 6.92 Å². The van der Waals surface area contributed by atoms with Gasteiger partial charge in [0, 0.05) is 12.6 Å². The van der Waals surface area contributed by atoms with Crippen molar-refractivity contribution in [2.24, 2.45) is 0 Å². The predicted octanol–water partition coefficient (Wildman–Crippen LogP) is 3.53. The zero-order valence-corrected chi connectivity index (χ0v) is 11.1. The first-order chi connectivity index (χ1) is 9.15. The fourth-order valence-corrected chi connectivity index (χ4v) is 1.80. The zero-order valence-electron chi connectivity index (χ0n) is 11.1. The molecule has 0 fully saturated rings. The molecule has 0 radical (unpaired) electrons. The molecule has 0 saturated carbocycles. The Bertz CT molecular complexity index is 564. The van der Waals surface area contributed by atoms with Gasteiger partial charge in [-0.05, 0) is 36.2 Å². The number of hydrogen-bond acceptors (Lipinski definition) is 2. The molecule has 0 spiro atoms. The van der Waals surface area contributed by atoms with Crippen molar-refractivity contribution >= 4 is 11.6 Å². The van der Waals surface area contributed by atoms with Gasteiger partial charge in [0.1, 0.15) is 12.4 Å². The normalized spacial score (nSPS) is 10.0. The Kier molecular flexibility index (Phi) is 4.18. The molecular weight excluding hydrogens is 238 g/mol. The van der Waals surface area contributed by atoms with Gasteiger partial charge in [-0.25, -0.2) is 0 Å². The highest BCUT2D eigenvalue weighted by Gasteiger charge is 2.02. The van der Waals surface area contributed by atoms with Crippen LogP contribution in [-0.4, -0.2) is 5.91 Å². The van der Waals surface area contributed by atoms with Crippen LogP contribution in [0.25, 0.3) is 0 Å². The molecule has 0 aliphatic rings. The smallest absolute Gasteiger partial charge is 0.221 e. The van der Waals surface area contributed by atoms with Crippen molar-refractivity contribution in [2.75, 3.05) is 5.32 Å². The number of nitrogens with one attached hydrogen (secondary N) is 1. The van der Waals surface area contributed by atoms with E-state index < -0.39 is 0 Å². The van der Waals surface area contributed by atoms with Gasteiger partial charge in [0.05, 0.1) is 0 Å². The van der Waals surface area contributed by atoms with Gasteiger partial charge in [0.2, 0.25) is 5.91 Å². The second-order valence-electron chi connectivity index (χ2n) is 4.43. The maximum Gasteiger partial charge on any atom is 0.221 e. The van der Waals surface area contributed by atoms with Gasteiger partial charge >= 0.3 is 0 Å². The summed E-state index contributed by atoms with van der Waals surface area (Å²) in [5, 5.41) is 2.78. The third-order valence-electron chi connectivity index (χ3n) is 2.76. The minimum absolute atomic E-state index is 0.0685. The van der Waals surface area contributed by atoms with Crippen LogP contribution < -0.4 is 10.1 Å². The SMILES string of the molecule is CC(=O)Nc1ccc(OCc2ccccc2)cc1C. The second kappa shape index (κ2) is 6.05. The zero-order chi connectivity index (χ0) is 13.7. The summed E-state index contributed by atoms with van der Waals surface area (Å²) in [6.45, 7) is 3.99. The topological polar surface area (TPSA) is 38.3 Å². The number of carbonyl (C=O) groups is 1. The third-order valence-corrected chi connectivity index (χ3v) is 2.76. The van der Waals surface area contributed by atoms with E-state index in [1.54, 1.807) is 0 Å². The first kappa shape index (κ1) is 13.1. The van der Waals surface area contributed by atoms with Crippen LogP contribution in [0.5, 0.6) is 5.75 Å². The van der Waals surface area contributed by atoms with E-state index in [1.807, 2.05) is 55.5 Å². The van der Waals surface area contributed by atoms with Crippen molar-refractivity contribution in [3.63, 3.8) is 0 Å². The summed E-state index contributed by atoms with van der Waals surface area (Å²) >= 11 is 0. The Labute approximate surface area is 113 Å². The van der Waals surface area contributed by atoms with Crippen LogP contribution in [0.3, 0.4) is 0 Å². The summed E-state index contributed by atoms with van der Waals surface area (Å²) < 4.78 is 5.72. The maximum absolute atomic E-state index is 11.0. The molecule has 0 heterocycles. The molecule has 2 rings (SSSR count). The van der Waals surface area contributed by atoms with Crippen molar-refractivity contribution in [3.05, 3.63) is 59.7 Å². The Hall–Kier alpha value is -2.29.